The number of amides is 1. The number of rotatable bonds is 10. The van der Waals surface area contributed by atoms with E-state index in [1.165, 1.54) is 6.54 Å². The van der Waals surface area contributed by atoms with Gasteiger partial charge in [0, 0.05) is 56.4 Å². The number of nitrogens with zero attached hydrogens (tertiary/aromatic N) is 8. The fourth-order valence-electron chi connectivity index (χ4n) is 7.75. The van der Waals surface area contributed by atoms with Crippen molar-refractivity contribution in [3.8, 4) is 17.5 Å². The number of nitrogens with one attached hydrogen (secondary N) is 2. The highest BCUT2D eigenvalue weighted by atomic mass is 16.5. The lowest BCUT2D eigenvalue weighted by molar-refractivity contribution is 0.0668. The molecule has 2 aromatic heterocycles. The van der Waals surface area contributed by atoms with Gasteiger partial charge in [0.1, 0.15) is 23.8 Å². The Morgan fingerprint density at radius 2 is 1.83 bits per heavy atom. The fraction of sp³-hybridized carbons (Fsp3) is 0.583. The number of nitriles is 1. The zero-order valence-corrected chi connectivity index (χ0v) is 29.2. The number of ether oxygens (including phenoxy) is 1. The summed E-state index contributed by atoms with van der Waals surface area (Å²) >= 11 is 0. The van der Waals surface area contributed by atoms with Crippen LogP contribution in [0, 0.1) is 17.2 Å². The van der Waals surface area contributed by atoms with Crippen LogP contribution in [-0.2, 0) is 0 Å². The van der Waals surface area contributed by atoms with Crippen LogP contribution in [0.15, 0.2) is 30.7 Å². The molecule has 1 amide bonds. The molecule has 1 aromatic carbocycles. The Morgan fingerprint density at radius 1 is 1.08 bits per heavy atom. The molecule has 0 bridgehead atoms. The molecule has 3 aliphatic rings. The van der Waals surface area contributed by atoms with Crippen LogP contribution in [-0.4, -0.2) is 93.2 Å². The van der Waals surface area contributed by atoms with E-state index in [9.17, 15) is 10.1 Å². The van der Waals surface area contributed by atoms with E-state index in [0.717, 1.165) is 75.5 Å². The molecule has 2 aliphatic heterocycles. The van der Waals surface area contributed by atoms with Crippen molar-refractivity contribution < 1.29 is 9.53 Å². The maximum atomic E-state index is 13.3. The van der Waals surface area contributed by atoms with E-state index in [0.29, 0.717) is 40.6 Å². The molecule has 6 rings (SSSR count). The Morgan fingerprint density at radius 3 is 2.48 bits per heavy atom. The number of fused-ring (bicyclic) bond motifs is 3. The molecule has 12 nitrogen and oxygen atoms in total. The van der Waals surface area contributed by atoms with Gasteiger partial charge in [0.2, 0.25) is 5.95 Å². The molecular formula is C36H50N10O2. The van der Waals surface area contributed by atoms with Crippen molar-refractivity contribution in [2.24, 2.45) is 5.92 Å². The number of aromatic nitrogens is 4. The second-order valence-corrected chi connectivity index (χ2v) is 14.0. The molecule has 0 radical (unpaired) electrons. The second-order valence-electron chi connectivity index (χ2n) is 14.0. The number of hydrogen-bond donors (Lipinski definition) is 2. The van der Waals surface area contributed by atoms with E-state index in [1.54, 1.807) is 25.7 Å². The van der Waals surface area contributed by atoms with Gasteiger partial charge in [-0.05, 0) is 70.1 Å². The molecule has 0 unspecified atom stereocenters. The van der Waals surface area contributed by atoms with Crippen molar-refractivity contribution in [1.82, 2.24) is 34.6 Å². The van der Waals surface area contributed by atoms with Crippen molar-refractivity contribution in [2.45, 2.75) is 90.9 Å². The Kier molecular flexibility index (Phi) is 10.2. The Labute approximate surface area is 284 Å². The smallest absolute Gasteiger partial charge is 0.251 e. The lowest BCUT2D eigenvalue weighted by atomic mass is 9.89. The number of carbonyl (C=O) groups excluding carboxylic acids is 1. The molecule has 1 aliphatic carbocycles. The van der Waals surface area contributed by atoms with Crippen LogP contribution < -0.4 is 20.3 Å². The first kappa shape index (κ1) is 33.7. The van der Waals surface area contributed by atoms with Gasteiger partial charge in [-0.25, -0.2) is 9.97 Å². The Bertz CT molecular complexity index is 1630. The molecule has 1 saturated heterocycles. The summed E-state index contributed by atoms with van der Waals surface area (Å²) in [5, 5.41) is 16.3. The Balaban J connectivity index is 1.10. The normalized spacial score (nSPS) is 21.5. The summed E-state index contributed by atoms with van der Waals surface area (Å²) in [6.45, 7) is 16.7. The quantitative estimate of drug-likeness (QED) is 0.298. The van der Waals surface area contributed by atoms with Gasteiger partial charge in [-0.3, -0.25) is 14.3 Å². The monoisotopic (exact) mass is 654 g/mol. The van der Waals surface area contributed by atoms with Gasteiger partial charge in [-0.1, -0.05) is 20.8 Å². The number of benzene rings is 1. The van der Waals surface area contributed by atoms with Crippen LogP contribution in [0.3, 0.4) is 0 Å². The number of piperazine rings is 1. The predicted molar refractivity (Wildman–Crippen MR) is 187 cm³/mol. The van der Waals surface area contributed by atoms with E-state index in [1.807, 2.05) is 16.7 Å². The van der Waals surface area contributed by atoms with Crippen molar-refractivity contribution in [3.05, 3.63) is 47.7 Å². The van der Waals surface area contributed by atoms with Crippen molar-refractivity contribution >= 4 is 23.4 Å². The summed E-state index contributed by atoms with van der Waals surface area (Å²) in [4.78, 5) is 34.7. The third-order valence-electron chi connectivity index (χ3n) is 10.0. The SMILES string of the molecule is CC[C@@H]1c2c(C#N)ncn2-c2cnc(Nc3ccc(C(=O)NC4CCC(N5CCN(CC(C)C)CC5)CC4)cc3OC)nc2N1C(C)C. The topological polar surface area (TPSA) is 127 Å². The highest BCUT2D eigenvalue weighted by Crippen LogP contribution is 2.42. The van der Waals surface area contributed by atoms with Crippen LogP contribution in [0.1, 0.15) is 94.5 Å². The van der Waals surface area contributed by atoms with E-state index in [4.69, 9.17) is 9.72 Å². The van der Waals surface area contributed by atoms with Crippen LogP contribution >= 0.6 is 0 Å². The first-order valence-electron chi connectivity index (χ1n) is 17.6. The van der Waals surface area contributed by atoms with Crippen LogP contribution in [0.5, 0.6) is 5.75 Å². The molecule has 1 atom stereocenters. The van der Waals surface area contributed by atoms with Gasteiger partial charge in [0.05, 0.1) is 30.7 Å². The van der Waals surface area contributed by atoms with Crippen LogP contribution in [0.4, 0.5) is 17.5 Å². The average molecular weight is 655 g/mol. The average Bonchev–Trinajstić information content (AvgIpc) is 3.52. The summed E-state index contributed by atoms with van der Waals surface area (Å²) in [6.07, 6.45) is 8.47. The third kappa shape index (κ3) is 6.84. The lowest BCUT2D eigenvalue weighted by Gasteiger charge is -2.42. The fourth-order valence-corrected chi connectivity index (χ4v) is 7.75. The number of anilines is 3. The molecular weight excluding hydrogens is 604 g/mol. The zero-order chi connectivity index (χ0) is 33.9. The molecule has 2 fully saturated rings. The minimum Gasteiger partial charge on any atom is -0.495 e. The van der Waals surface area contributed by atoms with E-state index < -0.39 is 0 Å². The molecule has 4 heterocycles. The molecule has 2 N–H and O–H groups in total. The number of methoxy groups -OCH3 is 1. The van der Waals surface area contributed by atoms with Gasteiger partial charge >= 0.3 is 0 Å². The minimum absolute atomic E-state index is 0.0509. The maximum Gasteiger partial charge on any atom is 0.251 e. The van der Waals surface area contributed by atoms with Crippen molar-refractivity contribution in [2.75, 3.05) is 50.1 Å². The number of imidazole rings is 1. The van der Waals surface area contributed by atoms with Gasteiger partial charge in [-0.15, -0.1) is 0 Å². The summed E-state index contributed by atoms with van der Waals surface area (Å²) < 4.78 is 7.65. The van der Waals surface area contributed by atoms with Gasteiger partial charge < -0.3 is 25.2 Å². The summed E-state index contributed by atoms with van der Waals surface area (Å²) in [5.74, 6) is 2.34. The summed E-state index contributed by atoms with van der Waals surface area (Å²) in [7, 11) is 1.60. The summed E-state index contributed by atoms with van der Waals surface area (Å²) in [5.41, 5.74) is 3.29. The van der Waals surface area contributed by atoms with Crippen molar-refractivity contribution in [3.63, 3.8) is 0 Å². The number of carbonyl (C=O) groups is 1. The largest absolute Gasteiger partial charge is 0.495 e. The van der Waals surface area contributed by atoms with Gasteiger partial charge in [0.15, 0.2) is 11.5 Å². The zero-order valence-electron chi connectivity index (χ0n) is 29.2. The second kappa shape index (κ2) is 14.5. The van der Waals surface area contributed by atoms with Crippen molar-refractivity contribution in [1.29, 1.82) is 5.26 Å². The Hall–Kier alpha value is -4.21. The van der Waals surface area contributed by atoms with Crippen LogP contribution in [0.25, 0.3) is 5.69 Å². The maximum absolute atomic E-state index is 13.3. The molecule has 3 aromatic rings. The number of hydrogen-bond acceptors (Lipinski definition) is 10. The first-order chi connectivity index (χ1) is 23.2. The standard InChI is InChI=1S/C36H50N10O2/c1-7-30-33-29(19-37)39-22-45(33)31-20-38-36(42-34(31)46(30)24(4)5)41-28-13-8-25(18-32(28)48-6)35(47)40-26-9-11-27(12-10-26)44-16-14-43(15-17-44)21-23(2)3/h8,13,18,20,22-24,26-27,30H,7,9-12,14-17,21H2,1-6H3,(H,40,47)(H,38,41,42)/t26?,27?,30-/m1/s1. The van der Waals surface area contributed by atoms with Crippen LogP contribution in [0.2, 0.25) is 0 Å². The van der Waals surface area contributed by atoms with Gasteiger partial charge in [-0.2, -0.15) is 10.2 Å². The molecule has 48 heavy (non-hydrogen) atoms. The molecule has 256 valence electrons. The minimum atomic E-state index is -0.0818. The molecule has 1 saturated carbocycles. The third-order valence-corrected chi connectivity index (χ3v) is 10.0. The summed E-state index contributed by atoms with van der Waals surface area (Å²) in [6, 6.07) is 8.54. The van der Waals surface area contributed by atoms with E-state index in [-0.39, 0.29) is 24.0 Å². The molecule has 0 spiro atoms. The van der Waals surface area contributed by atoms with E-state index in [2.05, 4.69) is 76.0 Å². The van der Waals surface area contributed by atoms with E-state index >= 15 is 0 Å². The van der Waals surface area contributed by atoms with Gasteiger partial charge in [0.25, 0.3) is 5.91 Å². The first-order valence-corrected chi connectivity index (χ1v) is 17.6. The predicted octanol–water partition coefficient (Wildman–Crippen LogP) is 5.28. The highest BCUT2D eigenvalue weighted by molar-refractivity contribution is 5.95. The lowest BCUT2D eigenvalue weighted by Crippen LogP contribution is -2.52. The molecule has 12 heteroatoms. The highest BCUT2D eigenvalue weighted by Gasteiger charge is 2.36.